The Hall–Kier alpha value is -2.73. The molecule has 2 aliphatic heterocycles. The van der Waals surface area contributed by atoms with E-state index in [4.69, 9.17) is 0 Å². The molecule has 0 spiro atoms. The quantitative estimate of drug-likeness (QED) is 0.860. The summed E-state index contributed by atoms with van der Waals surface area (Å²) >= 11 is 0. The molecule has 28 heavy (non-hydrogen) atoms. The van der Waals surface area contributed by atoms with E-state index in [9.17, 15) is 9.59 Å². The normalized spacial score (nSPS) is 20.5. The van der Waals surface area contributed by atoms with Crippen LogP contribution in [0.1, 0.15) is 29.0 Å². The zero-order valence-corrected chi connectivity index (χ0v) is 16.2. The Morgan fingerprint density at radius 3 is 2.75 bits per heavy atom. The zero-order chi connectivity index (χ0) is 19.5. The topological polar surface area (TPSA) is 65.5 Å². The molecule has 0 radical (unpaired) electrons. The number of pyridine rings is 1. The molecule has 6 heteroatoms. The number of carbonyl (C=O) groups is 2. The van der Waals surface area contributed by atoms with Gasteiger partial charge in [-0.2, -0.15) is 0 Å². The van der Waals surface area contributed by atoms with Crippen LogP contribution in [-0.2, 0) is 16.1 Å². The average Bonchev–Trinajstić information content (AvgIpc) is 2.64. The third kappa shape index (κ3) is 4.07. The maximum atomic E-state index is 12.8. The van der Waals surface area contributed by atoms with Gasteiger partial charge in [-0.05, 0) is 30.2 Å². The number of hydrogen-bond acceptors (Lipinski definition) is 4. The fourth-order valence-electron chi connectivity index (χ4n) is 4.04. The van der Waals surface area contributed by atoms with E-state index in [2.05, 4.69) is 40.3 Å². The van der Waals surface area contributed by atoms with Crippen LogP contribution in [-0.4, -0.2) is 58.8 Å². The average molecular weight is 378 g/mol. The number of likely N-dealkylation sites (tertiary alicyclic amines) is 1. The fraction of sp³-hybridized carbons (Fsp3) is 0.409. The van der Waals surface area contributed by atoms with Gasteiger partial charge in [-0.25, -0.2) is 0 Å². The van der Waals surface area contributed by atoms with E-state index in [0.29, 0.717) is 19.0 Å². The second-order valence-corrected chi connectivity index (χ2v) is 7.75. The van der Waals surface area contributed by atoms with E-state index in [1.165, 1.54) is 16.7 Å². The first-order valence-electron chi connectivity index (χ1n) is 9.85. The van der Waals surface area contributed by atoms with Crippen LogP contribution >= 0.6 is 0 Å². The first kappa shape index (κ1) is 18.6. The van der Waals surface area contributed by atoms with Gasteiger partial charge in [0.25, 0.3) is 0 Å². The molecule has 4 rings (SSSR count). The summed E-state index contributed by atoms with van der Waals surface area (Å²) in [7, 11) is 0. The molecule has 146 valence electrons. The molecule has 1 atom stereocenters. The first-order valence-corrected chi connectivity index (χ1v) is 9.85. The van der Waals surface area contributed by atoms with Crippen LogP contribution in [0.4, 0.5) is 0 Å². The highest BCUT2D eigenvalue weighted by Gasteiger charge is 2.37. The van der Waals surface area contributed by atoms with Gasteiger partial charge in [0, 0.05) is 51.0 Å². The van der Waals surface area contributed by atoms with Crippen LogP contribution in [0, 0.1) is 6.92 Å². The molecule has 1 N–H and O–H groups in total. The molecular formula is C22H26N4O2. The Kier molecular flexibility index (Phi) is 5.39. The Morgan fingerprint density at radius 1 is 1.21 bits per heavy atom. The van der Waals surface area contributed by atoms with Crippen molar-refractivity contribution < 1.29 is 9.59 Å². The Labute approximate surface area is 165 Å². The van der Waals surface area contributed by atoms with Gasteiger partial charge in [0.2, 0.25) is 11.8 Å². The van der Waals surface area contributed by atoms with E-state index < -0.39 is 6.04 Å². The van der Waals surface area contributed by atoms with Crippen molar-refractivity contribution in [2.75, 3.05) is 26.2 Å². The predicted molar refractivity (Wildman–Crippen MR) is 107 cm³/mol. The summed E-state index contributed by atoms with van der Waals surface area (Å²) in [5, 5.41) is 2.92. The van der Waals surface area contributed by atoms with Gasteiger partial charge in [0.05, 0.1) is 12.5 Å². The monoisotopic (exact) mass is 378 g/mol. The number of hydrogen-bond donors (Lipinski definition) is 1. The highest BCUT2D eigenvalue weighted by atomic mass is 16.2. The second-order valence-electron chi connectivity index (χ2n) is 7.75. The molecule has 0 aliphatic carbocycles. The molecule has 1 aromatic carbocycles. The number of carbonyl (C=O) groups excluding carboxylic acids is 2. The summed E-state index contributed by atoms with van der Waals surface area (Å²) in [6.45, 7) is 5.58. The molecule has 1 unspecified atom stereocenters. The first-order chi connectivity index (χ1) is 13.6. The molecular weight excluding hydrogens is 352 g/mol. The predicted octanol–water partition coefficient (Wildman–Crippen LogP) is 1.71. The van der Waals surface area contributed by atoms with Gasteiger partial charge >= 0.3 is 0 Å². The highest BCUT2D eigenvalue weighted by molar-refractivity contribution is 5.89. The van der Waals surface area contributed by atoms with Crippen LogP contribution in [0.5, 0.6) is 0 Å². The third-order valence-corrected chi connectivity index (χ3v) is 5.69. The molecule has 0 bridgehead atoms. The standard InChI is InChI=1S/C22H26N4O2/c1-16-3-2-4-17(11-16)13-25-10-9-24-22(28)20(25)12-21(27)26-14-19(15-26)18-5-7-23-8-6-18/h2-8,11,19-20H,9-10,12-15H2,1H3,(H,24,28). The fourth-order valence-corrected chi connectivity index (χ4v) is 4.04. The highest BCUT2D eigenvalue weighted by Crippen LogP contribution is 2.27. The minimum atomic E-state index is -0.401. The molecule has 2 fully saturated rings. The largest absolute Gasteiger partial charge is 0.353 e. The van der Waals surface area contributed by atoms with Crippen molar-refractivity contribution in [1.29, 1.82) is 0 Å². The van der Waals surface area contributed by atoms with Crippen molar-refractivity contribution in [2.45, 2.75) is 31.8 Å². The lowest BCUT2D eigenvalue weighted by atomic mass is 9.91. The lowest BCUT2D eigenvalue weighted by Crippen LogP contribution is -2.57. The van der Waals surface area contributed by atoms with E-state index in [0.717, 1.165) is 19.6 Å². The van der Waals surface area contributed by atoms with Crippen LogP contribution in [0.3, 0.4) is 0 Å². The van der Waals surface area contributed by atoms with Crippen molar-refractivity contribution in [2.24, 2.45) is 0 Å². The minimum absolute atomic E-state index is 0.0431. The zero-order valence-electron chi connectivity index (χ0n) is 16.2. The Bertz CT molecular complexity index is 849. The molecule has 2 amide bonds. The van der Waals surface area contributed by atoms with Crippen molar-refractivity contribution in [3.63, 3.8) is 0 Å². The lowest BCUT2D eigenvalue weighted by Gasteiger charge is -2.41. The smallest absolute Gasteiger partial charge is 0.237 e. The summed E-state index contributed by atoms with van der Waals surface area (Å²) in [5.41, 5.74) is 3.60. The van der Waals surface area contributed by atoms with Gasteiger partial charge in [-0.15, -0.1) is 0 Å². The van der Waals surface area contributed by atoms with Gasteiger partial charge in [0.1, 0.15) is 0 Å². The number of aryl methyl sites for hydroxylation is 1. The summed E-state index contributed by atoms with van der Waals surface area (Å²) in [6.07, 6.45) is 3.81. The number of rotatable bonds is 5. The SMILES string of the molecule is Cc1cccc(CN2CCNC(=O)C2CC(=O)N2CC(c3ccncc3)C2)c1. The Morgan fingerprint density at radius 2 is 2.00 bits per heavy atom. The van der Waals surface area contributed by atoms with E-state index in [-0.39, 0.29) is 18.2 Å². The van der Waals surface area contributed by atoms with Crippen molar-refractivity contribution in [3.8, 4) is 0 Å². The summed E-state index contributed by atoms with van der Waals surface area (Å²) < 4.78 is 0. The van der Waals surface area contributed by atoms with E-state index in [1.54, 1.807) is 12.4 Å². The number of amides is 2. The second kappa shape index (κ2) is 8.10. The van der Waals surface area contributed by atoms with Crippen molar-refractivity contribution >= 4 is 11.8 Å². The van der Waals surface area contributed by atoms with Crippen LogP contribution in [0.25, 0.3) is 0 Å². The number of nitrogens with zero attached hydrogens (tertiary/aromatic N) is 3. The number of nitrogens with one attached hydrogen (secondary N) is 1. The molecule has 6 nitrogen and oxygen atoms in total. The lowest BCUT2D eigenvalue weighted by molar-refractivity contribution is -0.142. The molecule has 2 saturated heterocycles. The van der Waals surface area contributed by atoms with Crippen molar-refractivity contribution in [1.82, 2.24) is 20.1 Å². The minimum Gasteiger partial charge on any atom is -0.353 e. The van der Waals surface area contributed by atoms with Crippen LogP contribution in [0.2, 0.25) is 0 Å². The van der Waals surface area contributed by atoms with Crippen LogP contribution in [0.15, 0.2) is 48.8 Å². The molecule has 2 aliphatic rings. The number of benzene rings is 1. The van der Waals surface area contributed by atoms with Gasteiger partial charge in [0.15, 0.2) is 0 Å². The summed E-state index contributed by atoms with van der Waals surface area (Å²) in [4.78, 5) is 33.3. The number of piperazine rings is 1. The summed E-state index contributed by atoms with van der Waals surface area (Å²) in [6, 6.07) is 11.9. The maximum absolute atomic E-state index is 12.8. The Balaban J connectivity index is 1.37. The number of aromatic nitrogens is 1. The summed E-state index contributed by atoms with van der Waals surface area (Å²) in [5.74, 6) is 0.385. The van der Waals surface area contributed by atoms with Gasteiger partial charge in [-0.1, -0.05) is 29.8 Å². The molecule has 3 heterocycles. The van der Waals surface area contributed by atoms with E-state index in [1.807, 2.05) is 23.1 Å². The van der Waals surface area contributed by atoms with Crippen LogP contribution < -0.4 is 5.32 Å². The molecule has 2 aromatic rings. The van der Waals surface area contributed by atoms with E-state index >= 15 is 0 Å². The molecule has 0 saturated carbocycles. The third-order valence-electron chi connectivity index (χ3n) is 5.69. The molecule has 1 aromatic heterocycles. The van der Waals surface area contributed by atoms with Gasteiger partial charge in [-0.3, -0.25) is 19.5 Å². The van der Waals surface area contributed by atoms with Gasteiger partial charge < -0.3 is 10.2 Å². The van der Waals surface area contributed by atoms with Crippen molar-refractivity contribution in [3.05, 3.63) is 65.5 Å². The maximum Gasteiger partial charge on any atom is 0.237 e.